The Hall–Kier alpha value is -1.20. The zero-order valence-electron chi connectivity index (χ0n) is 9.95. The molecule has 0 radical (unpaired) electrons. The number of benzene rings is 1. The predicted molar refractivity (Wildman–Crippen MR) is 61.3 cm³/mol. The summed E-state index contributed by atoms with van der Waals surface area (Å²) in [5.41, 5.74) is 7.39. The molecule has 0 heterocycles. The average molecular weight is 245 g/mol. The molecule has 0 spiro atoms. The van der Waals surface area contributed by atoms with Gasteiger partial charge in [0.05, 0.1) is 13.7 Å². The molecule has 0 saturated heterocycles. The van der Waals surface area contributed by atoms with Crippen LogP contribution in [0.4, 0.5) is 8.78 Å². The summed E-state index contributed by atoms with van der Waals surface area (Å²) >= 11 is 0. The first-order chi connectivity index (χ1) is 8.04. The molecule has 1 aromatic rings. The van der Waals surface area contributed by atoms with E-state index in [0.29, 0.717) is 5.75 Å². The Bertz CT molecular complexity index is 356. The molecular formula is C12H17F2NO2. The molecule has 0 aromatic heterocycles. The highest BCUT2D eigenvalue weighted by atomic mass is 19.3. The third-order valence-electron chi connectivity index (χ3n) is 2.33. The van der Waals surface area contributed by atoms with Gasteiger partial charge in [-0.2, -0.15) is 0 Å². The van der Waals surface area contributed by atoms with Gasteiger partial charge in [0.2, 0.25) is 0 Å². The molecule has 1 unspecified atom stereocenters. The standard InChI is InChI=1S/C12H17F2NO2/c1-8(15)9-3-4-11(16-2)10(5-9)6-17-7-12(13)14/h3-5,8,12H,6-7,15H2,1-2H3. The summed E-state index contributed by atoms with van der Waals surface area (Å²) in [6.07, 6.45) is -2.46. The number of methoxy groups -OCH3 is 1. The maximum atomic E-state index is 12.0. The van der Waals surface area contributed by atoms with Crippen molar-refractivity contribution in [2.24, 2.45) is 5.73 Å². The minimum absolute atomic E-state index is 0.0913. The van der Waals surface area contributed by atoms with Crippen molar-refractivity contribution in [1.82, 2.24) is 0 Å². The molecule has 0 bridgehead atoms. The van der Waals surface area contributed by atoms with Crippen LogP contribution in [0.1, 0.15) is 24.1 Å². The Morgan fingerprint density at radius 1 is 1.35 bits per heavy atom. The van der Waals surface area contributed by atoms with Gasteiger partial charge in [0.1, 0.15) is 12.4 Å². The summed E-state index contributed by atoms with van der Waals surface area (Å²) in [4.78, 5) is 0. The second-order valence-electron chi connectivity index (χ2n) is 3.77. The molecule has 0 amide bonds. The van der Waals surface area contributed by atoms with E-state index in [-0.39, 0.29) is 12.6 Å². The van der Waals surface area contributed by atoms with E-state index in [1.807, 2.05) is 19.1 Å². The largest absolute Gasteiger partial charge is 0.496 e. The fourth-order valence-electron chi connectivity index (χ4n) is 1.45. The molecule has 17 heavy (non-hydrogen) atoms. The van der Waals surface area contributed by atoms with Crippen molar-refractivity contribution in [1.29, 1.82) is 0 Å². The molecule has 0 aliphatic carbocycles. The van der Waals surface area contributed by atoms with E-state index in [4.69, 9.17) is 15.2 Å². The summed E-state index contributed by atoms with van der Waals surface area (Å²) in [5, 5.41) is 0. The van der Waals surface area contributed by atoms with Crippen LogP contribution in [-0.4, -0.2) is 20.1 Å². The maximum Gasteiger partial charge on any atom is 0.261 e. The fourth-order valence-corrected chi connectivity index (χ4v) is 1.45. The third kappa shape index (κ3) is 4.28. The van der Waals surface area contributed by atoms with Crippen LogP contribution in [-0.2, 0) is 11.3 Å². The molecule has 0 saturated carbocycles. The highest BCUT2D eigenvalue weighted by Gasteiger charge is 2.09. The summed E-state index contributed by atoms with van der Waals surface area (Å²) < 4.78 is 33.9. The van der Waals surface area contributed by atoms with Gasteiger partial charge >= 0.3 is 0 Å². The van der Waals surface area contributed by atoms with Crippen molar-refractivity contribution in [3.63, 3.8) is 0 Å². The SMILES string of the molecule is COc1ccc(C(C)N)cc1COCC(F)F. The minimum atomic E-state index is -2.46. The van der Waals surface area contributed by atoms with E-state index in [0.717, 1.165) is 11.1 Å². The van der Waals surface area contributed by atoms with Gasteiger partial charge in [-0.25, -0.2) is 8.78 Å². The molecule has 0 fully saturated rings. The lowest BCUT2D eigenvalue weighted by Gasteiger charge is -2.13. The van der Waals surface area contributed by atoms with Crippen molar-refractivity contribution in [3.05, 3.63) is 29.3 Å². The van der Waals surface area contributed by atoms with Gasteiger partial charge in [-0.3, -0.25) is 0 Å². The Morgan fingerprint density at radius 3 is 2.59 bits per heavy atom. The normalized spacial score (nSPS) is 12.8. The quantitative estimate of drug-likeness (QED) is 0.837. The van der Waals surface area contributed by atoms with Crippen molar-refractivity contribution in [3.8, 4) is 5.75 Å². The van der Waals surface area contributed by atoms with Crippen molar-refractivity contribution >= 4 is 0 Å². The van der Waals surface area contributed by atoms with Gasteiger partial charge in [-0.15, -0.1) is 0 Å². The lowest BCUT2D eigenvalue weighted by atomic mass is 10.1. The Labute approximate surface area is 99.5 Å². The van der Waals surface area contributed by atoms with Crippen LogP contribution in [0.15, 0.2) is 18.2 Å². The monoisotopic (exact) mass is 245 g/mol. The second-order valence-corrected chi connectivity index (χ2v) is 3.77. The second kappa shape index (κ2) is 6.51. The van der Waals surface area contributed by atoms with E-state index in [1.165, 1.54) is 7.11 Å². The van der Waals surface area contributed by atoms with E-state index in [9.17, 15) is 8.78 Å². The number of nitrogens with two attached hydrogens (primary N) is 1. The lowest BCUT2D eigenvalue weighted by molar-refractivity contribution is 0.00930. The number of ether oxygens (including phenoxy) is 2. The van der Waals surface area contributed by atoms with Gasteiger partial charge in [0, 0.05) is 11.6 Å². The molecule has 1 rings (SSSR count). The Morgan fingerprint density at radius 2 is 2.06 bits per heavy atom. The molecule has 0 aliphatic heterocycles. The predicted octanol–water partition coefficient (Wildman–Crippen LogP) is 2.50. The number of halogens is 2. The van der Waals surface area contributed by atoms with Crippen LogP contribution < -0.4 is 10.5 Å². The van der Waals surface area contributed by atoms with E-state index >= 15 is 0 Å². The molecule has 2 N–H and O–H groups in total. The molecular weight excluding hydrogens is 228 g/mol. The fraction of sp³-hybridized carbons (Fsp3) is 0.500. The van der Waals surface area contributed by atoms with E-state index in [2.05, 4.69) is 0 Å². The summed E-state index contributed by atoms with van der Waals surface area (Å²) in [6, 6.07) is 5.31. The van der Waals surface area contributed by atoms with Gasteiger partial charge in [0.15, 0.2) is 0 Å². The topological polar surface area (TPSA) is 44.5 Å². The van der Waals surface area contributed by atoms with Gasteiger partial charge in [0.25, 0.3) is 6.43 Å². The molecule has 1 atom stereocenters. The van der Waals surface area contributed by atoms with E-state index in [1.54, 1.807) is 6.07 Å². The number of rotatable bonds is 6. The molecule has 1 aromatic carbocycles. The molecule has 96 valence electrons. The zero-order chi connectivity index (χ0) is 12.8. The van der Waals surface area contributed by atoms with Gasteiger partial charge < -0.3 is 15.2 Å². The molecule has 5 heteroatoms. The molecule has 0 aliphatic rings. The van der Waals surface area contributed by atoms with Crippen LogP contribution >= 0.6 is 0 Å². The first kappa shape index (κ1) is 13.9. The van der Waals surface area contributed by atoms with Crippen LogP contribution in [0.3, 0.4) is 0 Å². The first-order valence-electron chi connectivity index (χ1n) is 5.33. The van der Waals surface area contributed by atoms with Crippen molar-refractivity contribution < 1.29 is 18.3 Å². The van der Waals surface area contributed by atoms with Crippen LogP contribution in [0.2, 0.25) is 0 Å². The first-order valence-corrected chi connectivity index (χ1v) is 5.33. The van der Waals surface area contributed by atoms with Gasteiger partial charge in [-0.05, 0) is 24.6 Å². The number of hydrogen-bond donors (Lipinski definition) is 1. The zero-order valence-corrected chi connectivity index (χ0v) is 9.95. The highest BCUT2D eigenvalue weighted by Crippen LogP contribution is 2.23. The Balaban J connectivity index is 2.75. The maximum absolute atomic E-state index is 12.0. The van der Waals surface area contributed by atoms with Crippen LogP contribution in [0.5, 0.6) is 5.75 Å². The summed E-state index contributed by atoms with van der Waals surface area (Å²) in [6.45, 7) is 1.37. The van der Waals surface area contributed by atoms with E-state index < -0.39 is 13.0 Å². The summed E-state index contributed by atoms with van der Waals surface area (Å²) in [7, 11) is 1.53. The number of hydrogen-bond acceptors (Lipinski definition) is 3. The number of alkyl halides is 2. The van der Waals surface area contributed by atoms with Crippen LogP contribution in [0, 0.1) is 0 Å². The smallest absolute Gasteiger partial charge is 0.261 e. The Kier molecular flexibility index (Phi) is 5.31. The van der Waals surface area contributed by atoms with Gasteiger partial charge in [-0.1, -0.05) is 6.07 Å². The van der Waals surface area contributed by atoms with Crippen LogP contribution in [0.25, 0.3) is 0 Å². The van der Waals surface area contributed by atoms with Crippen molar-refractivity contribution in [2.45, 2.75) is 26.0 Å². The van der Waals surface area contributed by atoms with Crippen molar-refractivity contribution in [2.75, 3.05) is 13.7 Å². The summed E-state index contributed by atoms with van der Waals surface area (Å²) in [5.74, 6) is 0.615. The lowest BCUT2D eigenvalue weighted by Crippen LogP contribution is -2.08. The molecule has 3 nitrogen and oxygen atoms in total. The highest BCUT2D eigenvalue weighted by molar-refractivity contribution is 5.37. The average Bonchev–Trinajstić information content (AvgIpc) is 2.28. The third-order valence-corrected chi connectivity index (χ3v) is 2.33. The minimum Gasteiger partial charge on any atom is -0.496 e.